The Balaban J connectivity index is 2.36. The first-order valence-electron chi connectivity index (χ1n) is 5.92. The highest BCUT2D eigenvalue weighted by Gasteiger charge is 2.45. The van der Waals surface area contributed by atoms with Crippen molar-refractivity contribution in [3.8, 4) is 0 Å². The first-order valence-corrected chi connectivity index (χ1v) is 7.04. The van der Waals surface area contributed by atoms with E-state index in [9.17, 15) is 18.0 Å². The van der Waals surface area contributed by atoms with Crippen molar-refractivity contribution in [3.63, 3.8) is 0 Å². The molecule has 1 aromatic rings. The molecule has 1 aromatic carbocycles. The third-order valence-electron chi connectivity index (χ3n) is 3.33. The summed E-state index contributed by atoms with van der Waals surface area (Å²) in [5.74, 6) is -0.529. The molecule has 2 nitrogen and oxygen atoms in total. The summed E-state index contributed by atoms with van der Waals surface area (Å²) in [6.45, 7) is 0.0186. The normalized spacial score (nSPS) is 19.8. The van der Waals surface area contributed by atoms with Crippen LogP contribution in [0.15, 0.2) is 24.3 Å². The SMILES string of the molecule is O=C(CBr)N1Cc2ccccc2CC[C@@H]1C(F)(F)F. The standard InChI is InChI=1S/C13H13BrF3NO/c14-7-12(19)18-8-10-4-2-1-3-9(10)5-6-11(18)13(15,16)17/h1-4,11H,5-8H2/t11-/m1/s1. The van der Waals surface area contributed by atoms with E-state index in [1.54, 1.807) is 12.1 Å². The molecule has 0 N–H and O–H groups in total. The summed E-state index contributed by atoms with van der Waals surface area (Å²) in [6.07, 6.45) is -4.13. The number of hydrogen-bond donors (Lipinski definition) is 0. The molecule has 19 heavy (non-hydrogen) atoms. The van der Waals surface area contributed by atoms with Crippen molar-refractivity contribution in [2.75, 3.05) is 5.33 Å². The fourth-order valence-electron chi connectivity index (χ4n) is 2.38. The van der Waals surface area contributed by atoms with Gasteiger partial charge < -0.3 is 4.90 Å². The molecule has 0 aliphatic carbocycles. The number of aryl methyl sites for hydroxylation is 1. The van der Waals surface area contributed by atoms with Crippen molar-refractivity contribution < 1.29 is 18.0 Å². The van der Waals surface area contributed by atoms with Crippen LogP contribution in [-0.2, 0) is 17.8 Å². The lowest BCUT2D eigenvalue weighted by Crippen LogP contribution is -2.48. The maximum atomic E-state index is 13.1. The van der Waals surface area contributed by atoms with Crippen LogP contribution in [-0.4, -0.2) is 28.4 Å². The van der Waals surface area contributed by atoms with E-state index in [1.807, 2.05) is 12.1 Å². The van der Waals surface area contributed by atoms with E-state index in [-0.39, 0.29) is 18.3 Å². The van der Waals surface area contributed by atoms with Crippen molar-refractivity contribution in [2.24, 2.45) is 0 Å². The molecule has 0 radical (unpaired) electrons. The van der Waals surface area contributed by atoms with Crippen LogP contribution in [0.25, 0.3) is 0 Å². The first-order chi connectivity index (χ1) is 8.93. The fraction of sp³-hybridized carbons (Fsp3) is 0.462. The van der Waals surface area contributed by atoms with Gasteiger partial charge in [0.05, 0.1) is 5.33 Å². The van der Waals surface area contributed by atoms with E-state index in [2.05, 4.69) is 15.9 Å². The third kappa shape index (κ3) is 3.11. The molecule has 1 aliphatic heterocycles. The Labute approximate surface area is 117 Å². The van der Waals surface area contributed by atoms with Crippen molar-refractivity contribution in [1.29, 1.82) is 0 Å². The number of carbonyl (C=O) groups is 1. The average Bonchev–Trinajstić information content (AvgIpc) is 2.56. The van der Waals surface area contributed by atoms with E-state index < -0.39 is 18.1 Å². The Kier molecular flexibility index (Phi) is 4.18. The molecule has 104 valence electrons. The lowest BCUT2D eigenvalue weighted by molar-refractivity contribution is -0.190. The van der Waals surface area contributed by atoms with E-state index >= 15 is 0 Å². The summed E-state index contributed by atoms with van der Waals surface area (Å²) in [5, 5.41) is -0.0955. The third-order valence-corrected chi connectivity index (χ3v) is 3.81. The van der Waals surface area contributed by atoms with E-state index in [4.69, 9.17) is 0 Å². The number of hydrogen-bond acceptors (Lipinski definition) is 1. The number of amides is 1. The van der Waals surface area contributed by atoms with Crippen LogP contribution >= 0.6 is 15.9 Å². The zero-order valence-corrected chi connectivity index (χ0v) is 11.7. The minimum atomic E-state index is -4.39. The number of rotatable bonds is 1. The molecule has 1 heterocycles. The van der Waals surface area contributed by atoms with Crippen LogP contribution in [0.3, 0.4) is 0 Å². The molecule has 0 aromatic heterocycles. The number of nitrogens with zero attached hydrogens (tertiary/aromatic N) is 1. The molecular formula is C13H13BrF3NO. The van der Waals surface area contributed by atoms with E-state index in [0.29, 0.717) is 6.42 Å². The van der Waals surface area contributed by atoms with Crippen molar-refractivity contribution in [3.05, 3.63) is 35.4 Å². The van der Waals surface area contributed by atoms with Crippen LogP contribution in [0.1, 0.15) is 17.5 Å². The predicted molar refractivity (Wildman–Crippen MR) is 69.0 cm³/mol. The van der Waals surface area contributed by atoms with Gasteiger partial charge in [-0.15, -0.1) is 0 Å². The highest BCUT2D eigenvalue weighted by molar-refractivity contribution is 9.09. The molecule has 0 saturated heterocycles. The van der Waals surface area contributed by atoms with Crippen molar-refractivity contribution >= 4 is 21.8 Å². The number of carbonyl (C=O) groups excluding carboxylic acids is 1. The van der Waals surface area contributed by atoms with E-state index in [1.165, 1.54) is 0 Å². The van der Waals surface area contributed by atoms with Crippen LogP contribution in [0.4, 0.5) is 13.2 Å². The summed E-state index contributed by atoms with van der Waals surface area (Å²) in [4.78, 5) is 12.7. The molecular weight excluding hydrogens is 323 g/mol. The van der Waals surface area contributed by atoms with Gasteiger partial charge in [-0.05, 0) is 24.0 Å². The molecule has 0 unspecified atom stereocenters. The highest BCUT2D eigenvalue weighted by Crippen LogP contribution is 2.33. The topological polar surface area (TPSA) is 20.3 Å². The van der Waals surface area contributed by atoms with Gasteiger partial charge in [0.2, 0.25) is 5.91 Å². The van der Waals surface area contributed by atoms with E-state index in [0.717, 1.165) is 16.0 Å². The van der Waals surface area contributed by atoms with Gasteiger partial charge in [-0.3, -0.25) is 4.79 Å². The number of halogens is 4. The van der Waals surface area contributed by atoms with Crippen LogP contribution < -0.4 is 0 Å². The number of alkyl halides is 4. The number of benzene rings is 1. The fourth-order valence-corrected chi connectivity index (χ4v) is 2.70. The smallest absolute Gasteiger partial charge is 0.326 e. The zero-order valence-electron chi connectivity index (χ0n) is 10.1. The molecule has 1 atom stereocenters. The maximum Gasteiger partial charge on any atom is 0.408 e. The summed E-state index contributed by atoms with van der Waals surface area (Å²) >= 11 is 2.95. The molecule has 1 amide bonds. The second kappa shape index (κ2) is 5.53. The van der Waals surface area contributed by atoms with Crippen molar-refractivity contribution in [2.45, 2.75) is 31.6 Å². The maximum absolute atomic E-state index is 13.1. The molecule has 0 saturated carbocycles. The van der Waals surface area contributed by atoms with Gasteiger partial charge in [0.1, 0.15) is 6.04 Å². The number of fused-ring (bicyclic) bond motifs is 1. The van der Waals surface area contributed by atoms with Crippen LogP contribution in [0.5, 0.6) is 0 Å². The molecule has 0 fully saturated rings. The summed E-state index contributed by atoms with van der Waals surface area (Å²) in [7, 11) is 0. The second-order valence-corrected chi connectivity index (χ2v) is 5.08. The zero-order chi connectivity index (χ0) is 14.0. The lowest BCUT2D eigenvalue weighted by atomic mass is 10.0. The van der Waals surface area contributed by atoms with Gasteiger partial charge in [0.15, 0.2) is 0 Å². The minimum absolute atomic E-state index is 0.0186. The van der Waals surface area contributed by atoms with Gasteiger partial charge in [-0.2, -0.15) is 13.2 Å². The van der Waals surface area contributed by atoms with Gasteiger partial charge in [-0.1, -0.05) is 40.2 Å². The lowest BCUT2D eigenvalue weighted by Gasteiger charge is -2.31. The average molecular weight is 336 g/mol. The Morgan fingerprint density at radius 1 is 1.32 bits per heavy atom. The molecule has 1 aliphatic rings. The summed E-state index contributed by atoms with van der Waals surface area (Å²) < 4.78 is 39.2. The van der Waals surface area contributed by atoms with Crippen LogP contribution in [0.2, 0.25) is 0 Å². The predicted octanol–water partition coefficient (Wildman–Crippen LogP) is 3.29. The first kappa shape index (κ1) is 14.4. The Bertz CT molecular complexity index is 475. The Morgan fingerprint density at radius 3 is 2.53 bits per heavy atom. The van der Waals surface area contributed by atoms with Gasteiger partial charge in [0, 0.05) is 6.54 Å². The summed E-state index contributed by atoms with van der Waals surface area (Å²) in [5.41, 5.74) is 1.69. The molecule has 0 spiro atoms. The largest absolute Gasteiger partial charge is 0.408 e. The Morgan fingerprint density at radius 2 is 1.95 bits per heavy atom. The van der Waals surface area contributed by atoms with Crippen molar-refractivity contribution in [1.82, 2.24) is 4.90 Å². The molecule has 2 rings (SSSR count). The van der Waals surface area contributed by atoms with Gasteiger partial charge in [-0.25, -0.2) is 0 Å². The summed E-state index contributed by atoms with van der Waals surface area (Å²) in [6, 6.07) is 5.49. The second-order valence-electron chi connectivity index (χ2n) is 4.52. The highest BCUT2D eigenvalue weighted by atomic mass is 79.9. The monoisotopic (exact) mass is 335 g/mol. The minimum Gasteiger partial charge on any atom is -0.326 e. The van der Waals surface area contributed by atoms with Crippen LogP contribution in [0, 0.1) is 0 Å². The Hall–Kier alpha value is -1.04. The quantitative estimate of drug-likeness (QED) is 0.721. The van der Waals surface area contributed by atoms with Gasteiger partial charge >= 0.3 is 6.18 Å². The van der Waals surface area contributed by atoms with Gasteiger partial charge in [0.25, 0.3) is 0 Å². The molecule has 0 bridgehead atoms. The molecule has 6 heteroatoms.